The first-order valence-electron chi connectivity index (χ1n) is 8.85. The fourth-order valence-corrected chi connectivity index (χ4v) is 3.06. The van der Waals surface area contributed by atoms with Gasteiger partial charge in [0.25, 0.3) is 0 Å². The normalized spacial score (nSPS) is 11.4. The molecule has 8 nitrogen and oxygen atoms in total. The van der Waals surface area contributed by atoms with Crippen LogP contribution in [0.4, 0.5) is 10.5 Å². The molecular weight excluding hydrogens is 370 g/mol. The van der Waals surface area contributed by atoms with Crippen molar-refractivity contribution in [2.24, 2.45) is 4.36 Å². The van der Waals surface area contributed by atoms with Gasteiger partial charge in [0.15, 0.2) is 0 Å². The number of imide groups is 1. The Balaban J connectivity index is 3.04. The maximum absolute atomic E-state index is 12.8. The van der Waals surface area contributed by atoms with E-state index in [-0.39, 0.29) is 29.8 Å². The van der Waals surface area contributed by atoms with Gasteiger partial charge in [-0.05, 0) is 31.0 Å². The Morgan fingerprint density at radius 2 is 2.00 bits per heavy atom. The van der Waals surface area contributed by atoms with Gasteiger partial charge < -0.3 is 10.1 Å². The molecule has 150 valence electrons. The summed E-state index contributed by atoms with van der Waals surface area (Å²) in [6.07, 6.45) is 3.70. The summed E-state index contributed by atoms with van der Waals surface area (Å²) in [5, 5.41) is 2.50. The molecule has 1 unspecified atom stereocenters. The number of nitrogens with zero attached hydrogens (tertiary/aromatic N) is 2. The Labute approximate surface area is 161 Å². The number of carbonyl (C=O) groups excluding carboxylic acids is 2. The van der Waals surface area contributed by atoms with Crippen LogP contribution in [-0.2, 0) is 21.7 Å². The molecule has 0 saturated carbocycles. The Kier molecular flexibility index (Phi) is 9.49. The minimum Gasteiger partial charge on any atom is -0.494 e. The molecule has 0 saturated heterocycles. The number of nitrogens with one attached hydrogen (secondary N) is 1. The average molecular weight is 397 g/mol. The van der Waals surface area contributed by atoms with Crippen molar-refractivity contribution in [1.29, 1.82) is 0 Å². The summed E-state index contributed by atoms with van der Waals surface area (Å²) in [6.45, 7) is 3.94. The molecule has 3 amide bonds. The molecular formula is C18H27N3O5S. The maximum atomic E-state index is 12.8. The van der Waals surface area contributed by atoms with Gasteiger partial charge in [-0.15, -0.1) is 4.36 Å². The molecule has 0 aliphatic heterocycles. The highest BCUT2D eigenvalue weighted by atomic mass is 32.2. The number of urea groups is 1. The molecule has 0 aliphatic rings. The van der Waals surface area contributed by atoms with Crippen molar-refractivity contribution in [3.8, 4) is 5.75 Å². The lowest BCUT2D eigenvalue weighted by Crippen LogP contribution is -2.48. The molecule has 1 aromatic carbocycles. The molecule has 0 radical (unpaired) electrons. The van der Waals surface area contributed by atoms with Gasteiger partial charge in [-0.1, -0.05) is 32.3 Å². The van der Waals surface area contributed by atoms with Crippen molar-refractivity contribution < 1.29 is 22.7 Å². The predicted molar refractivity (Wildman–Crippen MR) is 103 cm³/mol. The third-order valence-electron chi connectivity index (χ3n) is 4.14. The van der Waals surface area contributed by atoms with Crippen LogP contribution in [0, 0.1) is 0 Å². The second kappa shape index (κ2) is 11.3. The molecule has 1 rings (SSSR count). The van der Waals surface area contributed by atoms with E-state index in [1.165, 1.54) is 25.1 Å². The van der Waals surface area contributed by atoms with Crippen molar-refractivity contribution >= 4 is 28.1 Å². The van der Waals surface area contributed by atoms with Crippen LogP contribution in [0.2, 0.25) is 0 Å². The topological polar surface area (TPSA) is 105 Å². The Morgan fingerprint density at radius 3 is 2.56 bits per heavy atom. The molecule has 0 aliphatic carbocycles. The van der Waals surface area contributed by atoms with E-state index in [2.05, 4.69) is 16.6 Å². The summed E-state index contributed by atoms with van der Waals surface area (Å²) >= 11 is 0. The largest absolute Gasteiger partial charge is 0.494 e. The number of hydrogen-bond acceptors (Lipinski definition) is 6. The van der Waals surface area contributed by atoms with E-state index in [1.54, 1.807) is 12.1 Å². The summed E-state index contributed by atoms with van der Waals surface area (Å²) in [5.41, 5.74) is 0.651. The first-order chi connectivity index (χ1) is 12.8. The molecule has 1 atom stereocenters. The van der Waals surface area contributed by atoms with Crippen LogP contribution in [0.25, 0.3) is 0 Å². The third kappa shape index (κ3) is 7.01. The molecule has 0 bridgehead atoms. The van der Waals surface area contributed by atoms with E-state index in [1.807, 2.05) is 6.92 Å². The van der Waals surface area contributed by atoms with Crippen LogP contribution >= 0.6 is 0 Å². The van der Waals surface area contributed by atoms with Gasteiger partial charge in [-0.25, -0.2) is 4.79 Å². The quantitative estimate of drug-likeness (QED) is 0.645. The summed E-state index contributed by atoms with van der Waals surface area (Å²) in [4.78, 5) is 26.2. The zero-order valence-corrected chi connectivity index (χ0v) is 17.0. The summed E-state index contributed by atoms with van der Waals surface area (Å²) in [6, 6.07) is 3.97. The second-order valence-electron chi connectivity index (χ2n) is 6.16. The predicted octanol–water partition coefficient (Wildman–Crippen LogP) is 3.07. The number of amides is 3. The lowest BCUT2D eigenvalue weighted by molar-refractivity contribution is -0.129. The van der Waals surface area contributed by atoms with Gasteiger partial charge in [-0.3, -0.25) is 9.69 Å². The third-order valence-corrected chi connectivity index (χ3v) is 4.48. The molecule has 1 aromatic rings. The summed E-state index contributed by atoms with van der Waals surface area (Å²) in [7, 11) is 0.239. The zero-order chi connectivity index (χ0) is 20.4. The minimum absolute atomic E-state index is 0.0520. The number of methoxy groups -OCH3 is 1. The number of ether oxygens (including phenoxy) is 1. The molecule has 0 aromatic heterocycles. The minimum atomic E-state index is -2.64. The molecule has 0 spiro atoms. The van der Waals surface area contributed by atoms with Crippen molar-refractivity contribution in [3.05, 3.63) is 23.8 Å². The Bertz CT molecular complexity index is 784. The van der Waals surface area contributed by atoms with Crippen molar-refractivity contribution in [3.63, 3.8) is 0 Å². The smallest absolute Gasteiger partial charge is 0.324 e. The molecule has 9 heteroatoms. The molecule has 27 heavy (non-hydrogen) atoms. The Hall–Kier alpha value is -2.42. The average Bonchev–Trinajstić information content (AvgIpc) is 2.61. The van der Waals surface area contributed by atoms with Crippen LogP contribution in [0.15, 0.2) is 22.6 Å². The van der Waals surface area contributed by atoms with Crippen molar-refractivity contribution in [2.45, 2.75) is 52.0 Å². The number of carbonyl (C=O) groups is 2. The van der Waals surface area contributed by atoms with Crippen molar-refractivity contribution in [2.75, 3.05) is 14.2 Å². The fraction of sp³-hybridized carbons (Fsp3) is 0.556. The highest BCUT2D eigenvalue weighted by Crippen LogP contribution is 2.28. The highest BCUT2D eigenvalue weighted by Gasteiger charge is 2.26. The Morgan fingerprint density at radius 1 is 1.30 bits per heavy atom. The van der Waals surface area contributed by atoms with E-state index in [4.69, 9.17) is 4.74 Å². The lowest BCUT2D eigenvalue weighted by Gasteiger charge is -2.27. The van der Waals surface area contributed by atoms with Gasteiger partial charge in [0.05, 0.1) is 13.5 Å². The second-order valence-corrected chi connectivity index (χ2v) is 6.77. The van der Waals surface area contributed by atoms with E-state index < -0.39 is 16.5 Å². The summed E-state index contributed by atoms with van der Waals surface area (Å²) in [5.74, 6) is -0.0794. The fourth-order valence-electron chi connectivity index (χ4n) is 2.76. The van der Waals surface area contributed by atoms with Gasteiger partial charge in [-0.2, -0.15) is 8.42 Å². The van der Waals surface area contributed by atoms with E-state index in [9.17, 15) is 18.0 Å². The van der Waals surface area contributed by atoms with Crippen LogP contribution in [0.1, 0.15) is 45.1 Å². The number of rotatable bonds is 9. The standard InChI is InChI=1S/C18H27N3O5S/c1-5-6-7-8-13(2)21(18(23)19-3)17(22)12-14-9-10-16(26-4)15(11-14)20-27(24)25/h9-11,13H,5-8,12H2,1-4H3,(H,19,23). The molecule has 1 N–H and O–H groups in total. The SMILES string of the molecule is CCCCCC(C)N(C(=O)Cc1ccc(OC)c(N=S(=O)=O)c1)C(=O)NC. The maximum Gasteiger partial charge on any atom is 0.324 e. The van der Waals surface area contributed by atoms with E-state index in [0.717, 1.165) is 25.7 Å². The lowest BCUT2D eigenvalue weighted by atomic mass is 10.1. The van der Waals surface area contributed by atoms with Crippen LogP contribution in [0.5, 0.6) is 5.75 Å². The van der Waals surface area contributed by atoms with Gasteiger partial charge in [0.1, 0.15) is 11.4 Å². The van der Waals surface area contributed by atoms with Crippen LogP contribution in [0.3, 0.4) is 0 Å². The number of benzene rings is 1. The van der Waals surface area contributed by atoms with Crippen LogP contribution < -0.4 is 10.1 Å². The summed E-state index contributed by atoms with van der Waals surface area (Å²) < 4.78 is 30.3. The number of hydrogen-bond donors (Lipinski definition) is 1. The van der Waals surface area contributed by atoms with Gasteiger partial charge in [0.2, 0.25) is 5.91 Å². The molecule has 0 fully saturated rings. The highest BCUT2D eigenvalue weighted by molar-refractivity contribution is 7.61. The first kappa shape index (κ1) is 22.6. The van der Waals surface area contributed by atoms with Gasteiger partial charge in [0, 0.05) is 13.1 Å². The molecule has 0 heterocycles. The number of unbranched alkanes of at least 4 members (excludes halogenated alkanes) is 2. The first-order valence-corrected chi connectivity index (χ1v) is 9.89. The van der Waals surface area contributed by atoms with Crippen LogP contribution in [-0.4, -0.2) is 45.5 Å². The van der Waals surface area contributed by atoms with E-state index in [0.29, 0.717) is 5.56 Å². The van der Waals surface area contributed by atoms with Crippen molar-refractivity contribution in [1.82, 2.24) is 10.2 Å². The van der Waals surface area contributed by atoms with E-state index >= 15 is 0 Å². The monoisotopic (exact) mass is 397 g/mol. The van der Waals surface area contributed by atoms with Gasteiger partial charge >= 0.3 is 16.5 Å². The zero-order valence-electron chi connectivity index (χ0n) is 16.2.